The molecular weight excluding hydrogens is 323 g/mol. The van der Waals surface area contributed by atoms with Crippen LogP contribution in [0.1, 0.15) is 16.2 Å². The minimum Gasteiger partial charge on any atom is -0.349 e. The summed E-state index contributed by atoms with van der Waals surface area (Å²) in [6.45, 7) is 0.231. The third-order valence-corrected chi connectivity index (χ3v) is 3.24. The molecule has 0 fully saturated rings. The maximum absolute atomic E-state index is 12.4. The highest BCUT2D eigenvalue weighted by Crippen LogP contribution is 2.27. The van der Waals surface area contributed by atoms with Crippen molar-refractivity contribution >= 4 is 16.9 Å². The smallest absolute Gasteiger partial charge is 0.349 e. The largest absolute Gasteiger partial charge is 0.435 e. The van der Waals surface area contributed by atoms with Crippen molar-refractivity contribution in [1.29, 1.82) is 0 Å². The van der Waals surface area contributed by atoms with E-state index in [-0.39, 0.29) is 18.8 Å². The molecule has 3 rings (SSSR count). The summed E-state index contributed by atoms with van der Waals surface area (Å²) in [6.07, 6.45) is -1.91. The number of rotatable bonds is 4. The first-order valence-electron chi connectivity index (χ1n) is 7.04. The molecule has 3 aromatic rings. The van der Waals surface area contributed by atoms with Gasteiger partial charge in [0.05, 0.1) is 23.8 Å². The van der Waals surface area contributed by atoms with Crippen LogP contribution in [-0.4, -0.2) is 32.2 Å². The van der Waals surface area contributed by atoms with Crippen LogP contribution in [0.3, 0.4) is 0 Å². The maximum atomic E-state index is 12.4. The Morgan fingerprint density at radius 3 is 2.62 bits per heavy atom. The van der Waals surface area contributed by atoms with Gasteiger partial charge in [-0.3, -0.25) is 14.5 Å². The molecule has 0 spiro atoms. The Labute approximate surface area is 134 Å². The van der Waals surface area contributed by atoms with Gasteiger partial charge in [0, 0.05) is 12.7 Å². The fourth-order valence-electron chi connectivity index (χ4n) is 2.08. The molecule has 9 heteroatoms. The van der Waals surface area contributed by atoms with E-state index >= 15 is 0 Å². The fraction of sp³-hybridized carbons (Fsp3) is 0.200. The van der Waals surface area contributed by atoms with Crippen LogP contribution in [0.25, 0.3) is 11.0 Å². The van der Waals surface area contributed by atoms with Crippen LogP contribution in [0.4, 0.5) is 13.2 Å². The lowest BCUT2D eigenvalue weighted by atomic mass is 10.3. The average Bonchev–Trinajstić information content (AvgIpc) is 3.03. The predicted octanol–water partition coefficient (Wildman–Crippen LogP) is 2.28. The SMILES string of the molecule is O=C(NCCn1ccc(C(F)(F)F)n1)c1cnc2ccccc2n1. The zero-order valence-corrected chi connectivity index (χ0v) is 12.3. The molecule has 6 nitrogen and oxygen atoms in total. The topological polar surface area (TPSA) is 72.7 Å². The molecule has 0 saturated heterocycles. The van der Waals surface area contributed by atoms with Gasteiger partial charge in [0.15, 0.2) is 5.69 Å². The summed E-state index contributed by atoms with van der Waals surface area (Å²) in [5.41, 5.74) is 0.441. The number of fused-ring (bicyclic) bond motifs is 1. The van der Waals surface area contributed by atoms with Gasteiger partial charge >= 0.3 is 6.18 Å². The number of aromatic nitrogens is 4. The predicted molar refractivity (Wildman–Crippen MR) is 79.1 cm³/mol. The van der Waals surface area contributed by atoms with E-state index in [2.05, 4.69) is 20.4 Å². The monoisotopic (exact) mass is 335 g/mol. The van der Waals surface area contributed by atoms with Crippen molar-refractivity contribution < 1.29 is 18.0 Å². The van der Waals surface area contributed by atoms with Gasteiger partial charge in [-0.25, -0.2) is 4.98 Å². The van der Waals surface area contributed by atoms with E-state index in [1.165, 1.54) is 12.4 Å². The number of halogens is 3. The number of amides is 1. The zero-order chi connectivity index (χ0) is 17.2. The number of nitrogens with zero attached hydrogens (tertiary/aromatic N) is 4. The lowest BCUT2D eigenvalue weighted by Crippen LogP contribution is -2.28. The summed E-state index contributed by atoms with van der Waals surface area (Å²) in [6, 6.07) is 8.00. The average molecular weight is 335 g/mol. The highest BCUT2D eigenvalue weighted by atomic mass is 19.4. The first kappa shape index (κ1) is 15.9. The number of benzene rings is 1. The molecule has 124 valence electrons. The van der Waals surface area contributed by atoms with E-state index in [0.717, 1.165) is 10.7 Å². The zero-order valence-electron chi connectivity index (χ0n) is 12.3. The standard InChI is InChI=1S/C15H12F3N5O/c16-15(17,18)13-5-7-23(22-13)8-6-19-14(24)12-9-20-10-3-1-2-4-11(10)21-12/h1-5,7,9H,6,8H2,(H,19,24). The van der Waals surface area contributed by atoms with Crippen LogP contribution in [0.2, 0.25) is 0 Å². The van der Waals surface area contributed by atoms with Gasteiger partial charge in [0.25, 0.3) is 5.91 Å². The van der Waals surface area contributed by atoms with Crippen molar-refractivity contribution in [3.05, 3.63) is 54.1 Å². The van der Waals surface area contributed by atoms with Crippen molar-refractivity contribution in [2.24, 2.45) is 0 Å². The second-order valence-electron chi connectivity index (χ2n) is 4.96. The Morgan fingerprint density at radius 2 is 1.92 bits per heavy atom. The van der Waals surface area contributed by atoms with Gasteiger partial charge in [-0.15, -0.1) is 0 Å². The van der Waals surface area contributed by atoms with Gasteiger partial charge in [0.1, 0.15) is 5.69 Å². The van der Waals surface area contributed by atoms with Crippen molar-refractivity contribution in [2.45, 2.75) is 12.7 Å². The van der Waals surface area contributed by atoms with Crippen LogP contribution in [0.5, 0.6) is 0 Å². The molecule has 0 aliphatic heterocycles. The third kappa shape index (κ3) is 3.50. The van der Waals surface area contributed by atoms with E-state index in [4.69, 9.17) is 0 Å². The molecule has 0 bridgehead atoms. The molecule has 24 heavy (non-hydrogen) atoms. The van der Waals surface area contributed by atoms with Crippen molar-refractivity contribution in [3.8, 4) is 0 Å². The minimum atomic E-state index is -4.48. The van der Waals surface area contributed by atoms with Gasteiger partial charge in [-0.2, -0.15) is 18.3 Å². The van der Waals surface area contributed by atoms with Crippen molar-refractivity contribution in [2.75, 3.05) is 6.54 Å². The molecule has 0 unspecified atom stereocenters. The van der Waals surface area contributed by atoms with Crippen molar-refractivity contribution in [3.63, 3.8) is 0 Å². The number of hydrogen-bond acceptors (Lipinski definition) is 4. The number of carbonyl (C=O) groups excluding carboxylic acids is 1. The molecule has 2 heterocycles. The summed E-state index contributed by atoms with van der Waals surface area (Å²) in [7, 11) is 0. The van der Waals surface area contributed by atoms with Crippen LogP contribution < -0.4 is 5.32 Å². The minimum absolute atomic E-state index is 0.114. The van der Waals surface area contributed by atoms with E-state index < -0.39 is 17.8 Å². The Morgan fingerprint density at radius 1 is 1.17 bits per heavy atom. The van der Waals surface area contributed by atoms with E-state index in [9.17, 15) is 18.0 Å². The normalized spacial score (nSPS) is 11.6. The van der Waals surface area contributed by atoms with Gasteiger partial charge in [0.2, 0.25) is 0 Å². The summed E-state index contributed by atoms with van der Waals surface area (Å²) in [5.74, 6) is -0.448. The fourth-order valence-corrected chi connectivity index (χ4v) is 2.08. The third-order valence-electron chi connectivity index (χ3n) is 3.24. The molecule has 0 radical (unpaired) electrons. The highest BCUT2D eigenvalue weighted by molar-refractivity contribution is 5.93. The summed E-state index contributed by atoms with van der Waals surface area (Å²) in [4.78, 5) is 20.3. The van der Waals surface area contributed by atoms with Crippen LogP contribution in [0.15, 0.2) is 42.7 Å². The Hall–Kier alpha value is -2.97. The lowest BCUT2D eigenvalue weighted by Gasteiger charge is -2.06. The van der Waals surface area contributed by atoms with E-state index in [1.807, 2.05) is 6.07 Å². The Bertz CT molecular complexity index is 875. The van der Waals surface area contributed by atoms with Crippen LogP contribution in [-0.2, 0) is 12.7 Å². The van der Waals surface area contributed by atoms with E-state index in [1.54, 1.807) is 18.2 Å². The maximum Gasteiger partial charge on any atom is 0.435 e. The number of hydrogen-bond donors (Lipinski definition) is 1. The summed E-state index contributed by atoms with van der Waals surface area (Å²) < 4.78 is 38.4. The molecule has 1 aromatic carbocycles. The number of alkyl halides is 3. The second-order valence-corrected chi connectivity index (χ2v) is 4.96. The molecular formula is C15H12F3N5O. The van der Waals surface area contributed by atoms with Crippen molar-refractivity contribution in [1.82, 2.24) is 25.1 Å². The molecule has 0 saturated carbocycles. The Kier molecular flexibility index (Phi) is 4.15. The first-order valence-corrected chi connectivity index (χ1v) is 7.04. The van der Waals surface area contributed by atoms with E-state index in [0.29, 0.717) is 11.0 Å². The van der Waals surface area contributed by atoms with Crippen LogP contribution in [0, 0.1) is 0 Å². The second kappa shape index (κ2) is 6.26. The summed E-state index contributed by atoms with van der Waals surface area (Å²) in [5, 5.41) is 5.98. The molecule has 0 aliphatic rings. The van der Waals surface area contributed by atoms with Gasteiger partial charge < -0.3 is 5.32 Å². The Balaban J connectivity index is 1.59. The molecule has 0 atom stereocenters. The lowest BCUT2D eigenvalue weighted by molar-refractivity contribution is -0.141. The number of nitrogens with one attached hydrogen (secondary N) is 1. The quantitative estimate of drug-likeness (QED) is 0.794. The van der Waals surface area contributed by atoms with Crippen LogP contribution >= 0.6 is 0 Å². The summed E-state index contributed by atoms with van der Waals surface area (Å²) >= 11 is 0. The molecule has 0 aliphatic carbocycles. The molecule has 1 N–H and O–H groups in total. The highest BCUT2D eigenvalue weighted by Gasteiger charge is 2.33. The van der Waals surface area contributed by atoms with Gasteiger partial charge in [-0.05, 0) is 18.2 Å². The molecule has 1 amide bonds. The molecule has 2 aromatic heterocycles. The number of para-hydroxylation sites is 2. The number of carbonyl (C=O) groups is 1. The van der Waals surface area contributed by atoms with Gasteiger partial charge in [-0.1, -0.05) is 12.1 Å². The first-order chi connectivity index (χ1) is 11.4.